The fourth-order valence-corrected chi connectivity index (χ4v) is 2.83. The molecule has 1 radical (unpaired) electrons. The van der Waals surface area contributed by atoms with Crippen molar-refractivity contribution >= 4 is 40.2 Å². The van der Waals surface area contributed by atoms with Crippen LogP contribution in [0.2, 0.25) is 0 Å². The quantitative estimate of drug-likeness (QED) is 0.462. The molecule has 0 bridgehead atoms. The van der Waals surface area contributed by atoms with Gasteiger partial charge in [0.15, 0.2) is 5.82 Å². The first-order valence-corrected chi connectivity index (χ1v) is 9.32. The third kappa shape index (κ3) is 5.09. The van der Waals surface area contributed by atoms with Gasteiger partial charge in [0.25, 0.3) is 0 Å². The summed E-state index contributed by atoms with van der Waals surface area (Å²) in [5.74, 6) is 1.05. The molecule has 0 aliphatic rings. The van der Waals surface area contributed by atoms with Gasteiger partial charge in [0.05, 0.1) is 11.9 Å². The first-order chi connectivity index (χ1) is 13.6. The summed E-state index contributed by atoms with van der Waals surface area (Å²) in [5, 5.41) is 10.7. The van der Waals surface area contributed by atoms with Gasteiger partial charge >= 0.3 is 7.69 Å². The lowest BCUT2D eigenvalue weighted by Gasteiger charge is -2.02. The number of rotatable bonds is 3. The Balaban J connectivity index is 0.000000162. The molecule has 0 aliphatic carbocycles. The molecule has 0 fully saturated rings. The minimum absolute atomic E-state index is 0.408. The average Bonchev–Trinajstić information content (AvgIpc) is 2.71. The smallest absolute Gasteiger partial charge is 0.537 e. The number of nitrogens with zero attached hydrogens (tertiary/aromatic N) is 2. The van der Waals surface area contributed by atoms with E-state index in [0.29, 0.717) is 23.9 Å². The van der Waals surface area contributed by atoms with E-state index in [1.54, 1.807) is 6.20 Å². The topological polar surface area (TPSA) is 81.3 Å². The van der Waals surface area contributed by atoms with E-state index >= 15 is 0 Å². The zero-order chi connectivity index (χ0) is 19.9. The number of fused-ring (bicyclic) bond motifs is 1. The number of anilines is 1. The summed E-state index contributed by atoms with van der Waals surface area (Å²) < 4.78 is 5.43. The number of nitrogens with two attached hydrogens (primary N) is 1. The van der Waals surface area contributed by atoms with Crippen LogP contribution in [0.15, 0.2) is 77.5 Å². The summed E-state index contributed by atoms with van der Waals surface area (Å²) in [6.07, 6.45) is 1.67. The van der Waals surface area contributed by atoms with Gasteiger partial charge < -0.3 is 15.4 Å². The largest absolute Gasteiger partial charge is 0.569 e. The lowest BCUT2D eigenvalue weighted by molar-refractivity contribution is 0.454. The normalized spacial score (nSPS) is 10.1. The highest BCUT2D eigenvalue weighted by molar-refractivity contribution is 9.10. The Hall–Kier alpha value is -2.90. The van der Waals surface area contributed by atoms with Gasteiger partial charge in [-0.25, -0.2) is 9.97 Å². The van der Waals surface area contributed by atoms with Gasteiger partial charge in [-0.3, -0.25) is 0 Å². The van der Waals surface area contributed by atoms with Crippen LogP contribution in [-0.2, 0) is 0 Å². The molecule has 0 unspecified atom stereocenters. The first-order valence-electron chi connectivity index (χ1n) is 8.53. The molecule has 0 aliphatic heterocycles. The Morgan fingerprint density at radius 1 is 1.00 bits per heavy atom. The highest BCUT2D eigenvalue weighted by Gasteiger charge is 2.03. The highest BCUT2D eigenvalue weighted by atomic mass is 79.9. The second kappa shape index (κ2) is 9.35. The third-order valence-corrected chi connectivity index (χ3v) is 4.60. The molecule has 0 saturated heterocycles. The molecule has 4 aromatic rings. The molecular weight excluding hydrogens is 417 g/mol. The predicted octanol–water partition coefficient (Wildman–Crippen LogP) is 4.54. The fourth-order valence-electron chi connectivity index (χ4n) is 2.54. The van der Waals surface area contributed by atoms with Crippen LogP contribution in [0, 0.1) is 6.92 Å². The van der Waals surface area contributed by atoms with Crippen LogP contribution >= 0.6 is 15.9 Å². The Morgan fingerprint density at radius 2 is 1.71 bits per heavy atom. The van der Waals surface area contributed by atoms with Crippen LogP contribution in [0.25, 0.3) is 22.0 Å². The fraction of sp³-hybridized carbons (Fsp3) is 0.0476. The van der Waals surface area contributed by atoms with E-state index in [4.69, 9.17) is 15.4 Å². The molecule has 4 rings (SSSR count). The standard InChI is InChI=1S/C11H10BrN3.C10H8BO2/c1-7-2-4-8(5-3-7)9-6-14-11(13)10(12)15-9;12-11-13-10-6-5-8-3-1-2-4-9(8)7-10/h2-6H,1H3,(H2,13,14);1-7,12H. The van der Waals surface area contributed by atoms with Gasteiger partial charge in [-0.05, 0) is 45.8 Å². The number of aryl methyl sites for hydroxylation is 1. The Morgan fingerprint density at radius 3 is 2.39 bits per heavy atom. The van der Waals surface area contributed by atoms with E-state index in [9.17, 15) is 0 Å². The maximum Gasteiger partial charge on any atom is 0.569 e. The molecule has 28 heavy (non-hydrogen) atoms. The van der Waals surface area contributed by atoms with Crippen molar-refractivity contribution in [3.63, 3.8) is 0 Å². The van der Waals surface area contributed by atoms with Gasteiger partial charge in [0.1, 0.15) is 10.4 Å². The molecule has 3 aromatic carbocycles. The van der Waals surface area contributed by atoms with Crippen molar-refractivity contribution in [3.8, 4) is 17.0 Å². The highest BCUT2D eigenvalue weighted by Crippen LogP contribution is 2.21. The average molecular weight is 435 g/mol. The van der Waals surface area contributed by atoms with E-state index in [-0.39, 0.29) is 0 Å². The molecule has 1 aromatic heterocycles. The van der Waals surface area contributed by atoms with Gasteiger partial charge in [0.2, 0.25) is 0 Å². The molecule has 3 N–H and O–H groups in total. The first kappa shape index (κ1) is 19.9. The van der Waals surface area contributed by atoms with Crippen LogP contribution in [-0.4, -0.2) is 22.7 Å². The summed E-state index contributed by atoms with van der Waals surface area (Å²) in [5.41, 5.74) is 8.65. The molecule has 7 heteroatoms. The van der Waals surface area contributed by atoms with Crippen molar-refractivity contribution in [2.75, 3.05) is 5.73 Å². The van der Waals surface area contributed by atoms with Crippen LogP contribution in [0.4, 0.5) is 5.82 Å². The number of halogens is 1. The van der Waals surface area contributed by atoms with E-state index in [1.807, 2.05) is 73.7 Å². The molecule has 5 nitrogen and oxygen atoms in total. The summed E-state index contributed by atoms with van der Waals surface area (Å²) >= 11 is 3.26. The van der Waals surface area contributed by atoms with Crippen LogP contribution in [0.1, 0.15) is 5.56 Å². The number of nitrogen functional groups attached to an aromatic ring is 1. The predicted molar refractivity (Wildman–Crippen MR) is 117 cm³/mol. The van der Waals surface area contributed by atoms with Crippen molar-refractivity contribution in [1.29, 1.82) is 0 Å². The Labute approximate surface area is 172 Å². The minimum atomic E-state index is 0.408. The van der Waals surface area contributed by atoms with Gasteiger partial charge in [-0.2, -0.15) is 0 Å². The lowest BCUT2D eigenvalue weighted by Crippen LogP contribution is -1.99. The zero-order valence-electron chi connectivity index (χ0n) is 15.2. The molecule has 139 valence electrons. The third-order valence-electron chi connectivity index (χ3n) is 4.01. The second-order valence-electron chi connectivity index (χ2n) is 6.03. The van der Waals surface area contributed by atoms with Crippen molar-refractivity contribution in [2.24, 2.45) is 0 Å². The molecule has 1 heterocycles. The minimum Gasteiger partial charge on any atom is -0.537 e. The number of aromatic nitrogens is 2. The second-order valence-corrected chi connectivity index (χ2v) is 6.78. The van der Waals surface area contributed by atoms with Crippen molar-refractivity contribution in [2.45, 2.75) is 6.92 Å². The van der Waals surface area contributed by atoms with E-state index < -0.39 is 0 Å². The van der Waals surface area contributed by atoms with Crippen LogP contribution < -0.4 is 10.4 Å². The number of benzene rings is 3. The van der Waals surface area contributed by atoms with Crippen molar-refractivity contribution in [3.05, 3.63) is 83.1 Å². The summed E-state index contributed by atoms with van der Waals surface area (Å²) in [6, 6.07) is 21.7. The monoisotopic (exact) mass is 434 g/mol. The maximum absolute atomic E-state index is 8.44. The Kier molecular flexibility index (Phi) is 6.63. The molecular formula is C21H18BBrN3O2. The molecule has 0 atom stereocenters. The van der Waals surface area contributed by atoms with Gasteiger partial charge in [0, 0.05) is 5.56 Å². The van der Waals surface area contributed by atoms with Crippen molar-refractivity contribution < 1.29 is 9.68 Å². The zero-order valence-corrected chi connectivity index (χ0v) is 16.8. The van der Waals surface area contributed by atoms with Crippen molar-refractivity contribution in [1.82, 2.24) is 9.97 Å². The summed E-state index contributed by atoms with van der Waals surface area (Å²) in [6.45, 7) is 2.05. The molecule has 0 amide bonds. The Bertz CT molecular complexity index is 1070. The number of hydrogen-bond acceptors (Lipinski definition) is 5. The van der Waals surface area contributed by atoms with E-state index in [0.717, 1.165) is 22.0 Å². The van der Waals surface area contributed by atoms with Crippen LogP contribution in [0.3, 0.4) is 0 Å². The maximum atomic E-state index is 8.44. The van der Waals surface area contributed by atoms with Gasteiger partial charge in [-0.15, -0.1) is 0 Å². The number of hydrogen-bond donors (Lipinski definition) is 2. The lowest BCUT2D eigenvalue weighted by atomic mass is 10.1. The van der Waals surface area contributed by atoms with Gasteiger partial charge in [-0.1, -0.05) is 60.2 Å². The molecule has 0 saturated carbocycles. The summed E-state index contributed by atoms with van der Waals surface area (Å²) in [4.78, 5) is 8.35. The van der Waals surface area contributed by atoms with Crippen LogP contribution in [0.5, 0.6) is 5.75 Å². The van der Waals surface area contributed by atoms with E-state index in [1.165, 1.54) is 5.56 Å². The molecule has 0 spiro atoms. The van der Waals surface area contributed by atoms with E-state index in [2.05, 4.69) is 25.9 Å². The SMILES string of the molecule is Cc1ccc(-c2cnc(N)c(Br)n2)cc1.O[B]Oc1ccc2ccccc2c1. The summed E-state index contributed by atoms with van der Waals surface area (Å²) in [7, 11) is 0.685.